The Hall–Kier alpha value is -1.53. The van der Waals surface area contributed by atoms with Gasteiger partial charge in [0.1, 0.15) is 10.5 Å². The predicted octanol–water partition coefficient (Wildman–Crippen LogP) is 1.69. The molecule has 0 unspecified atom stereocenters. The van der Waals surface area contributed by atoms with Gasteiger partial charge in [-0.25, -0.2) is 4.98 Å². The molecule has 0 amide bonds. The molecule has 6 heteroatoms. The van der Waals surface area contributed by atoms with E-state index in [1.165, 1.54) is 0 Å². The summed E-state index contributed by atoms with van der Waals surface area (Å²) >= 11 is 5.09. The Kier molecular flexibility index (Phi) is 3.12. The Morgan fingerprint density at radius 2 is 2.38 bits per heavy atom. The average molecular weight is 236 g/mol. The van der Waals surface area contributed by atoms with Crippen LogP contribution in [0.3, 0.4) is 0 Å². The van der Waals surface area contributed by atoms with Crippen LogP contribution < -0.4 is 0 Å². The van der Waals surface area contributed by atoms with E-state index in [4.69, 9.17) is 17.0 Å². The number of ether oxygens (including phenoxy) is 1. The van der Waals surface area contributed by atoms with Crippen LogP contribution in [-0.2, 0) is 18.4 Å². The topological polar surface area (TPSA) is 55.7 Å². The average Bonchev–Trinajstić information content (AvgIpc) is 2.64. The highest BCUT2D eigenvalue weighted by Crippen LogP contribution is 2.13. The van der Waals surface area contributed by atoms with Crippen molar-refractivity contribution in [2.75, 3.05) is 7.11 Å². The van der Waals surface area contributed by atoms with Gasteiger partial charge in [0.2, 0.25) is 0 Å². The van der Waals surface area contributed by atoms with Crippen molar-refractivity contribution in [3.8, 4) is 11.4 Å². The van der Waals surface area contributed by atoms with Gasteiger partial charge >= 0.3 is 0 Å². The van der Waals surface area contributed by atoms with Crippen LogP contribution >= 0.6 is 12.2 Å². The van der Waals surface area contributed by atoms with Crippen molar-refractivity contribution in [1.29, 1.82) is 0 Å². The molecule has 0 saturated carbocycles. The Balaban J connectivity index is 2.44. The molecule has 0 bridgehead atoms. The largest absolute Gasteiger partial charge is 0.378 e. The molecule has 0 atom stereocenters. The van der Waals surface area contributed by atoms with Crippen molar-refractivity contribution in [3.63, 3.8) is 0 Å². The molecular weight excluding hydrogens is 224 g/mol. The fourth-order valence-corrected chi connectivity index (χ4v) is 1.65. The Morgan fingerprint density at radius 3 is 3.00 bits per heavy atom. The quantitative estimate of drug-likeness (QED) is 0.824. The Labute approximate surface area is 98.1 Å². The first-order valence-corrected chi connectivity index (χ1v) is 5.18. The van der Waals surface area contributed by atoms with Crippen LogP contribution in [0.1, 0.15) is 5.69 Å². The second-order valence-electron chi connectivity index (χ2n) is 3.43. The van der Waals surface area contributed by atoms with Gasteiger partial charge in [0, 0.05) is 26.0 Å². The van der Waals surface area contributed by atoms with Gasteiger partial charge in [0.05, 0.1) is 18.4 Å². The first-order valence-electron chi connectivity index (χ1n) is 4.77. The molecular formula is C10H12N4OS. The molecule has 0 aromatic carbocycles. The van der Waals surface area contributed by atoms with Crippen LogP contribution in [0.2, 0.25) is 0 Å². The van der Waals surface area contributed by atoms with Crippen molar-refractivity contribution in [2.24, 2.45) is 7.05 Å². The Bertz CT molecular complexity index is 546. The fourth-order valence-electron chi connectivity index (χ4n) is 1.42. The van der Waals surface area contributed by atoms with Gasteiger partial charge in [0.15, 0.2) is 0 Å². The number of hydrogen-bond acceptors (Lipinski definition) is 4. The van der Waals surface area contributed by atoms with Gasteiger partial charge in [-0.3, -0.25) is 4.68 Å². The molecule has 0 aliphatic rings. The lowest BCUT2D eigenvalue weighted by molar-refractivity contribution is 0.181. The summed E-state index contributed by atoms with van der Waals surface area (Å²) in [4.78, 5) is 7.41. The van der Waals surface area contributed by atoms with E-state index in [2.05, 4.69) is 15.1 Å². The molecule has 0 aliphatic heterocycles. The summed E-state index contributed by atoms with van der Waals surface area (Å²) in [7, 11) is 3.50. The summed E-state index contributed by atoms with van der Waals surface area (Å²) in [5.41, 5.74) is 1.81. The number of aromatic nitrogens is 4. The van der Waals surface area contributed by atoms with Crippen molar-refractivity contribution < 1.29 is 4.74 Å². The molecule has 0 radical (unpaired) electrons. The van der Waals surface area contributed by atoms with Crippen molar-refractivity contribution >= 4 is 12.2 Å². The van der Waals surface area contributed by atoms with Crippen molar-refractivity contribution in [2.45, 2.75) is 6.61 Å². The number of methoxy groups -OCH3 is 1. The lowest BCUT2D eigenvalue weighted by atomic mass is 10.3. The summed E-state index contributed by atoms with van der Waals surface area (Å²) in [6, 6.07) is 1.79. The van der Waals surface area contributed by atoms with E-state index in [0.29, 0.717) is 17.1 Å². The van der Waals surface area contributed by atoms with Gasteiger partial charge in [-0.15, -0.1) is 0 Å². The van der Waals surface area contributed by atoms with Crippen molar-refractivity contribution in [1.82, 2.24) is 19.7 Å². The van der Waals surface area contributed by atoms with E-state index in [0.717, 1.165) is 11.3 Å². The van der Waals surface area contributed by atoms with Crippen LogP contribution in [0, 0.1) is 4.64 Å². The van der Waals surface area contributed by atoms with E-state index in [9.17, 15) is 0 Å². The minimum absolute atomic E-state index is 0.486. The zero-order chi connectivity index (χ0) is 11.5. The lowest BCUT2D eigenvalue weighted by Crippen LogP contribution is -1.97. The van der Waals surface area contributed by atoms with E-state index < -0.39 is 0 Å². The van der Waals surface area contributed by atoms with Gasteiger partial charge in [0.25, 0.3) is 0 Å². The van der Waals surface area contributed by atoms with Gasteiger partial charge < -0.3 is 9.72 Å². The maximum atomic E-state index is 5.09. The van der Waals surface area contributed by atoms with Gasteiger partial charge in [-0.05, 0) is 6.07 Å². The molecule has 2 rings (SSSR count). The normalized spacial score (nSPS) is 10.6. The first-order chi connectivity index (χ1) is 7.69. The molecule has 2 aromatic rings. The fraction of sp³-hybridized carbons (Fsp3) is 0.300. The number of aryl methyl sites for hydroxylation is 1. The molecule has 5 nitrogen and oxygen atoms in total. The van der Waals surface area contributed by atoms with E-state index >= 15 is 0 Å². The third kappa shape index (κ3) is 2.34. The van der Waals surface area contributed by atoms with Gasteiger partial charge in [-0.1, -0.05) is 12.2 Å². The number of rotatable bonds is 3. The standard InChI is InChI=1S/C10H12N4OS/c1-14-5-7(4-11-14)10-12-8(6-15-2)3-9(16)13-10/h3-5H,6H2,1-2H3,(H,12,13,16). The van der Waals surface area contributed by atoms with Crippen molar-refractivity contribution in [3.05, 3.63) is 28.8 Å². The van der Waals surface area contributed by atoms with E-state index in [1.807, 2.05) is 13.2 Å². The third-order valence-electron chi connectivity index (χ3n) is 2.08. The summed E-state index contributed by atoms with van der Waals surface area (Å²) < 4.78 is 7.32. The minimum Gasteiger partial charge on any atom is -0.378 e. The number of H-pyrrole nitrogens is 1. The minimum atomic E-state index is 0.486. The molecule has 0 aliphatic carbocycles. The molecule has 84 valence electrons. The highest BCUT2D eigenvalue weighted by molar-refractivity contribution is 7.71. The highest BCUT2D eigenvalue weighted by atomic mass is 32.1. The van der Waals surface area contributed by atoms with E-state index in [-0.39, 0.29) is 0 Å². The molecule has 0 fully saturated rings. The van der Waals surface area contributed by atoms with Crippen LogP contribution in [0.25, 0.3) is 11.4 Å². The van der Waals surface area contributed by atoms with Crippen LogP contribution in [0.4, 0.5) is 0 Å². The summed E-state index contributed by atoms with van der Waals surface area (Å²) in [6.07, 6.45) is 3.62. The molecule has 2 aromatic heterocycles. The van der Waals surface area contributed by atoms with Crippen LogP contribution in [-0.4, -0.2) is 26.9 Å². The molecule has 0 saturated heterocycles. The van der Waals surface area contributed by atoms with E-state index in [1.54, 1.807) is 24.1 Å². The summed E-state index contributed by atoms with van der Waals surface area (Å²) in [5.74, 6) is 0.715. The zero-order valence-electron chi connectivity index (χ0n) is 9.10. The smallest absolute Gasteiger partial charge is 0.142 e. The SMILES string of the molecule is COCc1cc(=S)nc(-c2cnn(C)c2)[nH]1. The highest BCUT2D eigenvalue weighted by Gasteiger charge is 2.04. The molecule has 1 N–H and O–H groups in total. The van der Waals surface area contributed by atoms with Crippen LogP contribution in [0.15, 0.2) is 18.5 Å². The molecule has 16 heavy (non-hydrogen) atoms. The number of nitrogens with one attached hydrogen (secondary N) is 1. The second-order valence-corrected chi connectivity index (χ2v) is 3.85. The monoisotopic (exact) mass is 236 g/mol. The second kappa shape index (κ2) is 4.54. The number of hydrogen-bond donors (Lipinski definition) is 1. The zero-order valence-corrected chi connectivity index (χ0v) is 9.91. The maximum absolute atomic E-state index is 5.09. The summed E-state index contributed by atoms with van der Waals surface area (Å²) in [6.45, 7) is 0.486. The number of nitrogens with zero attached hydrogens (tertiary/aromatic N) is 3. The third-order valence-corrected chi connectivity index (χ3v) is 2.29. The van der Waals surface area contributed by atoms with Gasteiger partial charge in [-0.2, -0.15) is 5.10 Å². The number of aromatic amines is 1. The summed E-state index contributed by atoms with van der Waals surface area (Å²) in [5, 5.41) is 4.09. The first kappa shape index (κ1) is 11.0. The lowest BCUT2D eigenvalue weighted by Gasteiger charge is -2.03. The predicted molar refractivity (Wildman–Crippen MR) is 62.3 cm³/mol. The Morgan fingerprint density at radius 1 is 1.56 bits per heavy atom. The maximum Gasteiger partial charge on any atom is 0.142 e. The van der Waals surface area contributed by atoms with Crippen LogP contribution in [0.5, 0.6) is 0 Å². The molecule has 0 spiro atoms. The molecule has 2 heterocycles.